The van der Waals surface area contributed by atoms with Crippen LogP contribution in [0.2, 0.25) is 5.02 Å². The van der Waals surface area contributed by atoms with Gasteiger partial charge in [-0.3, -0.25) is 9.69 Å². The van der Waals surface area contributed by atoms with Gasteiger partial charge in [0.2, 0.25) is 11.1 Å². The molecule has 3 aromatic rings. The number of halogens is 2. The lowest BCUT2D eigenvalue weighted by Crippen LogP contribution is -2.40. The van der Waals surface area contributed by atoms with E-state index >= 15 is 0 Å². The van der Waals surface area contributed by atoms with Crippen molar-refractivity contribution in [2.75, 3.05) is 30.4 Å². The third kappa shape index (κ3) is 4.71. The van der Waals surface area contributed by atoms with Crippen molar-refractivity contribution in [3.8, 4) is 10.7 Å². The molecular formula is C20H20ClFN8O2S. The number of rotatable bonds is 7. The Morgan fingerprint density at radius 3 is 2.64 bits per heavy atom. The molecule has 0 aliphatic carbocycles. The van der Waals surface area contributed by atoms with Crippen LogP contribution in [-0.4, -0.2) is 62.7 Å². The van der Waals surface area contributed by atoms with E-state index in [0.29, 0.717) is 20.9 Å². The summed E-state index contributed by atoms with van der Waals surface area (Å²) >= 11 is 7.55. The second-order valence-corrected chi connectivity index (χ2v) is 9.12. The van der Waals surface area contributed by atoms with Crippen LogP contribution in [0.15, 0.2) is 30.5 Å². The van der Waals surface area contributed by atoms with Crippen molar-refractivity contribution in [1.29, 1.82) is 0 Å². The van der Waals surface area contributed by atoms with Gasteiger partial charge in [0.1, 0.15) is 17.1 Å². The molecule has 2 aromatic heterocycles. The third-order valence-corrected chi connectivity index (χ3v) is 6.21. The molecule has 1 aromatic carbocycles. The maximum absolute atomic E-state index is 13.2. The summed E-state index contributed by atoms with van der Waals surface area (Å²) in [4.78, 5) is 35.7. The molecular weight excluding hydrogens is 471 g/mol. The fourth-order valence-corrected chi connectivity index (χ4v) is 4.19. The number of benzene rings is 1. The Hall–Kier alpha value is -3.38. The molecule has 1 saturated heterocycles. The molecule has 172 valence electrons. The van der Waals surface area contributed by atoms with E-state index < -0.39 is 11.6 Å². The van der Waals surface area contributed by atoms with E-state index in [2.05, 4.69) is 30.8 Å². The number of imide groups is 1. The SMILES string of the molecule is CN(c1ccc(F)cc1)c1nnc(-c2nc(NCCN3C(=O)NC(C)(C)C3=O)ncc2Cl)s1. The minimum absolute atomic E-state index is 0.154. The summed E-state index contributed by atoms with van der Waals surface area (Å²) in [6.45, 7) is 3.71. The Morgan fingerprint density at radius 1 is 1.24 bits per heavy atom. The summed E-state index contributed by atoms with van der Waals surface area (Å²) in [5.41, 5.74) is 0.220. The Balaban J connectivity index is 1.45. The monoisotopic (exact) mass is 490 g/mol. The van der Waals surface area contributed by atoms with E-state index in [4.69, 9.17) is 11.6 Å². The number of anilines is 3. The van der Waals surface area contributed by atoms with Gasteiger partial charge in [0.25, 0.3) is 5.91 Å². The van der Waals surface area contributed by atoms with E-state index in [-0.39, 0.29) is 30.8 Å². The van der Waals surface area contributed by atoms with Crippen molar-refractivity contribution in [3.63, 3.8) is 0 Å². The first-order chi connectivity index (χ1) is 15.7. The largest absolute Gasteiger partial charge is 0.352 e. The normalized spacial score (nSPS) is 15.0. The number of nitrogens with zero attached hydrogens (tertiary/aromatic N) is 6. The number of carbonyl (C=O) groups excluding carboxylic acids is 2. The zero-order chi connectivity index (χ0) is 23.8. The summed E-state index contributed by atoms with van der Waals surface area (Å²) in [5.74, 6) is -0.348. The van der Waals surface area contributed by atoms with Crippen LogP contribution >= 0.6 is 22.9 Å². The molecule has 0 atom stereocenters. The Morgan fingerprint density at radius 2 is 1.97 bits per heavy atom. The van der Waals surface area contributed by atoms with Crippen LogP contribution in [0.25, 0.3) is 10.7 Å². The summed E-state index contributed by atoms with van der Waals surface area (Å²) in [6.07, 6.45) is 1.44. The van der Waals surface area contributed by atoms with Crippen molar-refractivity contribution in [2.45, 2.75) is 19.4 Å². The molecule has 1 fully saturated rings. The predicted molar refractivity (Wildman–Crippen MR) is 123 cm³/mol. The molecule has 1 aliphatic heterocycles. The van der Waals surface area contributed by atoms with Gasteiger partial charge >= 0.3 is 6.03 Å². The molecule has 0 spiro atoms. The number of carbonyl (C=O) groups is 2. The van der Waals surface area contributed by atoms with Crippen molar-refractivity contribution < 1.29 is 14.0 Å². The van der Waals surface area contributed by atoms with E-state index in [1.807, 2.05) is 0 Å². The number of nitrogens with one attached hydrogen (secondary N) is 2. The minimum Gasteiger partial charge on any atom is -0.352 e. The van der Waals surface area contributed by atoms with Crippen LogP contribution in [0.5, 0.6) is 0 Å². The predicted octanol–water partition coefficient (Wildman–Crippen LogP) is 3.30. The number of hydrogen-bond donors (Lipinski definition) is 2. The molecule has 10 nitrogen and oxygen atoms in total. The number of aromatic nitrogens is 4. The molecule has 3 amide bonds. The summed E-state index contributed by atoms with van der Waals surface area (Å²) in [6, 6.07) is 5.59. The summed E-state index contributed by atoms with van der Waals surface area (Å²) in [5, 5.41) is 15.3. The average Bonchev–Trinajstić information content (AvgIpc) is 3.33. The van der Waals surface area contributed by atoms with E-state index in [0.717, 1.165) is 10.6 Å². The second kappa shape index (κ2) is 8.87. The highest BCUT2D eigenvalue weighted by atomic mass is 35.5. The molecule has 0 bridgehead atoms. The highest BCUT2D eigenvalue weighted by molar-refractivity contribution is 7.18. The first-order valence-corrected chi connectivity index (χ1v) is 11.1. The quantitative estimate of drug-likeness (QED) is 0.484. The summed E-state index contributed by atoms with van der Waals surface area (Å²) < 4.78 is 13.2. The van der Waals surface area contributed by atoms with Crippen LogP contribution < -0.4 is 15.5 Å². The van der Waals surface area contributed by atoms with E-state index in [1.54, 1.807) is 37.9 Å². The Kier molecular flexibility index (Phi) is 6.13. The Bertz CT molecular complexity index is 1200. The van der Waals surface area contributed by atoms with Gasteiger partial charge in [-0.05, 0) is 38.1 Å². The molecule has 1 aliphatic rings. The Labute approximate surface area is 197 Å². The number of hydrogen-bond acceptors (Lipinski definition) is 9. The number of amides is 3. The molecule has 0 radical (unpaired) electrons. The van der Waals surface area contributed by atoms with Gasteiger partial charge in [0.05, 0.1) is 11.2 Å². The van der Waals surface area contributed by atoms with Gasteiger partial charge in [0.15, 0.2) is 5.01 Å². The van der Waals surface area contributed by atoms with Gasteiger partial charge in [-0.2, -0.15) is 0 Å². The van der Waals surface area contributed by atoms with Crippen LogP contribution in [-0.2, 0) is 4.79 Å². The zero-order valence-corrected chi connectivity index (χ0v) is 19.5. The molecule has 33 heavy (non-hydrogen) atoms. The van der Waals surface area contributed by atoms with Gasteiger partial charge < -0.3 is 15.5 Å². The van der Waals surface area contributed by atoms with E-state index in [1.165, 1.54) is 29.7 Å². The van der Waals surface area contributed by atoms with Crippen molar-refractivity contribution in [2.24, 2.45) is 0 Å². The van der Waals surface area contributed by atoms with Gasteiger partial charge in [-0.1, -0.05) is 22.9 Å². The maximum atomic E-state index is 13.2. The molecule has 0 unspecified atom stereocenters. The van der Waals surface area contributed by atoms with Crippen LogP contribution in [0, 0.1) is 5.82 Å². The standard InChI is InChI=1S/C20H20ClFN8O2S/c1-20(2)16(31)30(18(32)26-20)9-8-23-17-24-10-13(21)14(25-17)15-27-28-19(33-15)29(3)12-6-4-11(22)5-7-12/h4-7,10H,8-9H2,1-3H3,(H,26,32)(H,23,24,25). The van der Waals surface area contributed by atoms with Crippen LogP contribution in [0.4, 0.5) is 26.0 Å². The zero-order valence-electron chi connectivity index (χ0n) is 18.0. The highest BCUT2D eigenvalue weighted by Crippen LogP contribution is 2.34. The third-order valence-electron chi connectivity index (χ3n) is 4.92. The molecule has 3 heterocycles. The maximum Gasteiger partial charge on any atom is 0.325 e. The molecule has 13 heteroatoms. The first kappa shape index (κ1) is 22.8. The van der Waals surface area contributed by atoms with Crippen molar-refractivity contribution in [3.05, 3.63) is 41.3 Å². The van der Waals surface area contributed by atoms with Gasteiger partial charge in [-0.15, -0.1) is 10.2 Å². The lowest BCUT2D eigenvalue weighted by Gasteiger charge is -2.16. The smallest absolute Gasteiger partial charge is 0.325 e. The van der Waals surface area contributed by atoms with Crippen LogP contribution in [0.1, 0.15) is 13.8 Å². The fraction of sp³-hybridized carbons (Fsp3) is 0.300. The van der Waals surface area contributed by atoms with Crippen molar-refractivity contribution >= 4 is 51.6 Å². The van der Waals surface area contributed by atoms with Crippen molar-refractivity contribution in [1.82, 2.24) is 30.4 Å². The average molecular weight is 491 g/mol. The number of urea groups is 1. The van der Waals surface area contributed by atoms with Gasteiger partial charge in [-0.25, -0.2) is 19.2 Å². The second-order valence-electron chi connectivity index (χ2n) is 7.75. The molecule has 4 rings (SSSR count). The lowest BCUT2D eigenvalue weighted by atomic mass is 10.1. The fourth-order valence-electron chi connectivity index (χ4n) is 3.12. The minimum atomic E-state index is -0.919. The summed E-state index contributed by atoms with van der Waals surface area (Å²) in [7, 11) is 1.79. The van der Waals surface area contributed by atoms with Crippen LogP contribution in [0.3, 0.4) is 0 Å². The van der Waals surface area contributed by atoms with Gasteiger partial charge in [0, 0.05) is 25.8 Å². The highest BCUT2D eigenvalue weighted by Gasteiger charge is 2.43. The molecule has 0 saturated carbocycles. The van der Waals surface area contributed by atoms with E-state index in [9.17, 15) is 14.0 Å². The topological polar surface area (TPSA) is 116 Å². The first-order valence-electron chi connectivity index (χ1n) is 9.89. The lowest BCUT2D eigenvalue weighted by molar-refractivity contribution is -0.130. The molecule has 2 N–H and O–H groups in total.